The van der Waals surface area contributed by atoms with E-state index < -0.39 is 0 Å². The summed E-state index contributed by atoms with van der Waals surface area (Å²) in [6.07, 6.45) is 5.84. The Kier molecular flexibility index (Phi) is 11.4. The van der Waals surface area contributed by atoms with Crippen LogP contribution in [0.25, 0.3) is 47.5 Å². The molecule has 0 amide bonds. The summed E-state index contributed by atoms with van der Waals surface area (Å²) in [5.41, 5.74) is 8.55. The number of hydrogen-bond acceptors (Lipinski definition) is 4. The van der Waals surface area contributed by atoms with Crippen molar-refractivity contribution >= 4 is 45.8 Å². The first-order valence-electron chi connectivity index (χ1n) is 17.3. The molecule has 0 radical (unpaired) electrons. The number of aromatic nitrogens is 2. The van der Waals surface area contributed by atoms with E-state index >= 15 is 0 Å². The molecule has 258 valence electrons. The first-order valence-corrected chi connectivity index (χ1v) is 19.0. The molecule has 0 fully saturated rings. The standard InChI is InChI=1S/C27H27N2.C17H15N3Se.Ir/c1-19(2)24-17-23(21-11-7-5-8-12-21)18-25(20(3)4)26(24)29-16-15-28-27(29)22-13-9-6-10-14-22;1-12(2)19-10-18-20(11-19)15-8-5-7-14-13-6-3-4-9-16(13)21-17(14)15;/h5-13,15-20H,1-4H3;3-7,9-12H,1-2H3;/q-1;-2;+3. The molecule has 0 saturated heterocycles. The van der Waals surface area contributed by atoms with Gasteiger partial charge in [-0.25, -0.2) is 0 Å². The van der Waals surface area contributed by atoms with E-state index in [0.717, 1.165) is 17.1 Å². The second-order valence-electron chi connectivity index (χ2n) is 13.5. The van der Waals surface area contributed by atoms with Crippen molar-refractivity contribution in [2.45, 2.75) is 59.4 Å². The van der Waals surface area contributed by atoms with Gasteiger partial charge in [-0.05, 0) is 46.2 Å². The summed E-state index contributed by atoms with van der Waals surface area (Å²) in [5, 5.41) is 9.16. The van der Waals surface area contributed by atoms with E-state index in [-0.39, 0.29) is 20.1 Å². The van der Waals surface area contributed by atoms with E-state index in [1.807, 2.05) is 41.8 Å². The van der Waals surface area contributed by atoms with Gasteiger partial charge in [0.25, 0.3) is 0 Å². The number of imidazole rings is 1. The SMILES string of the molecule is CC(C)N1C=NN(c2[c-]ccc3c2[se]c2ccccc23)[CH-]1.CC(C)c1cc(-c2ccccc2)cc(C(C)C)c1-n1ccnc1-c1[c-]cccc1.[Ir+3]. The Balaban J connectivity index is 0.000000180. The molecular formula is C44H42IrN5Se. The van der Waals surface area contributed by atoms with Crippen molar-refractivity contribution in [1.29, 1.82) is 0 Å². The minimum atomic E-state index is 0. The Morgan fingerprint density at radius 1 is 0.725 bits per heavy atom. The van der Waals surface area contributed by atoms with Gasteiger partial charge in [-0.2, -0.15) is 0 Å². The summed E-state index contributed by atoms with van der Waals surface area (Å²) in [5.74, 6) is 1.71. The zero-order valence-electron chi connectivity index (χ0n) is 29.8. The van der Waals surface area contributed by atoms with E-state index in [0.29, 0.717) is 32.4 Å². The number of benzene rings is 5. The molecule has 2 aromatic heterocycles. The maximum atomic E-state index is 4.68. The molecule has 0 atom stereocenters. The van der Waals surface area contributed by atoms with E-state index in [2.05, 4.69) is 165 Å². The van der Waals surface area contributed by atoms with Gasteiger partial charge in [0.15, 0.2) is 0 Å². The number of anilines is 1. The number of hydrazone groups is 1. The Labute approximate surface area is 321 Å². The molecule has 7 heteroatoms. The molecule has 1 aliphatic rings. The molecule has 0 spiro atoms. The van der Waals surface area contributed by atoms with Gasteiger partial charge in [0, 0.05) is 18.1 Å². The van der Waals surface area contributed by atoms with Crippen LogP contribution in [0.5, 0.6) is 0 Å². The Morgan fingerprint density at radius 3 is 2.10 bits per heavy atom. The average Bonchev–Trinajstić information content (AvgIpc) is 3.91. The minimum absolute atomic E-state index is 0. The molecule has 0 aliphatic carbocycles. The van der Waals surface area contributed by atoms with Gasteiger partial charge in [0.2, 0.25) is 0 Å². The zero-order chi connectivity index (χ0) is 34.8. The van der Waals surface area contributed by atoms with Crippen LogP contribution in [0.1, 0.15) is 64.5 Å². The Hall–Kier alpha value is -4.25. The molecule has 51 heavy (non-hydrogen) atoms. The molecular weight excluding hydrogens is 870 g/mol. The number of nitrogens with zero attached hydrogens (tertiary/aromatic N) is 5. The normalized spacial score (nSPS) is 12.6. The average molecular weight is 912 g/mol. The van der Waals surface area contributed by atoms with E-state index in [9.17, 15) is 0 Å². The summed E-state index contributed by atoms with van der Waals surface area (Å²) in [4.78, 5) is 6.79. The van der Waals surface area contributed by atoms with Crippen molar-refractivity contribution in [3.8, 4) is 28.2 Å². The molecule has 1 aliphatic heterocycles. The van der Waals surface area contributed by atoms with Crippen LogP contribution in [0.15, 0.2) is 121 Å². The molecule has 0 bridgehead atoms. The minimum Gasteiger partial charge on any atom is -0.340 e. The van der Waals surface area contributed by atoms with E-state index in [1.54, 1.807) is 0 Å². The van der Waals surface area contributed by atoms with Crippen LogP contribution in [0.3, 0.4) is 0 Å². The van der Waals surface area contributed by atoms with Crippen molar-refractivity contribution in [2.75, 3.05) is 5.01 Å². The third-order valence-electron chi connectivity index (χ3n) is 9.05. The third-order valence-corrected chi connectivity index (χ3v) is 11.6. The smallest absolute Gasteiger partial charge is 0.340 e. The molecule has 7 aromatic rings. The van der Waals surface area contributed by atoms with Crippen molar-refractivity contribution in [3.05, 3.63) is 145 Å². The first-order chi connectivity index (χ1) is 24.3. The van der Waals surface area contributed by atoms with Gasteiger partial charge in [0.1, 0.15) is 0 Å². The summed E-state index contributed by atoms with van der Waals surface area (Å²) < 4.78 is 5.07. The summed E-state index contributed by atoms with van der Waals surface area (Å²) in [7, 11) is 0. The fraction of sp³-hybridized carbons (Fsp3) is 0.205. The van der Waals surface area contributed by atoms with Crippen LogP contribution in [0.4, 0.5) is 5.69 Å². The van der Waals surface area contributed by atoms with Crippen LogP contribution in [-0.4, -0.2) is 41.3 Å². The fourth-order valence-corrected chi connectivity index (χ4v) is 8.88. The molecule has 5 nitrogen and oxygen atoms in total. The Bertz CT molecular complexity index is 2220. The number of fused-ring (bicyclic) bond motifs is 3. The maximum Gasteiger partial charge on any atom is 3.00 e. The predicted molar refractivity (Wildman–Crippen MR) is 211 cm³/mol. The van der Waals surface area contributed by atoms with E-state index in [1.165, 1.54) is 47.2 Å². The molecule has 0 saturated carbocycles. The topological polar surface area (TPSA) is 36.7 Å². The van der Waals surface area contributed by atoms with Crippen LogP contribution in [-0.2, 0) is 20.1 Å². The monoisotopic (exact) mass is 913 g/mol. The van der Waals surface area contributed by atoms with Gasteiger partial charge >= 0.3 is 150 Å². The van der Waals surface area contributed by atoms with Crippen molar-refractivity contribution in [3.63, 3.8) is 0 Å². The zero-order valence-corrected chi connectivity index (χ0v) is 33.9. The number of rotatable bonds is 7. The second kappa shape index (κ2) is 16.0. The quantitative estimate of drug-likeness (QED) is 0.118. The summed E-state index contributed by atoms with van der Waals surface area (Å²) in [6, 6.07) is 43.4. The van der Waals surface area contributed by atoms with Gasteiger partial charge in [-0.15, -0.1) is 35.9 Å². The largest absolute Gasteiger partial charge is 3.00 e. The van der Waals surface area contributed by atoms with Crippen LogP contribution < -0.4 is 5.01 Å². The second-order valence-corrected chi connectivity index (χ2v) is 15.7. The molecule has 5 aromatic carbocycles. The van der Waals surface area contributed by atoms with Crippen LogP contribution in [0.2, 0.25) is 0 Å². The van der Waals surface area contributed by atoms with Gasteiger partial charge in [-0.3, -0.25) is 4.98 Å². The van der Waals surface area contributed by atoms with Crippen molar-refractivity contribution in [2.24, 2.45) is 5.10 Å². The fourth-order valence-electron chi connectivity index (χ4n) is 6.38. The third kappa shape index (κ3) is 7.54. The first kappa shape index (κ1) is 36.5. The molecule has 3 heterocycles. The predicted octanol–water partition coefficient (Wildman–Crippen LogP) is 10.7. The maximum absolute atomic E-state index is 4.68. The van der Waals surface area contributed by atoms with Crippen LogP contribution >= 0.6 is 0 Å². The van der Waals surface area contributed by atoms with Crippen molar-refractivity contribution < 1.29 is 20.1 Å². The van der Waals surface area contributed by atoms with Gasteiger partial charge in [-0.1, -0.05) is 58.0 Å². The summed E-state index contributed by atoms with van der Waals surface area (Å²) in [6.45, 7) is 15.4. The van der Waals surface area contributed by atoms with Crippen LogP contribution in [0, 0.1) is 18.8 Å². The molecule has 0 N–H and O–H groups in total. The molecule has 0 unspecified atom stereocenters. The van der Waals surface area contributed by atoms with Gasteiger partial charge in [0.05, 0.1) is 5.82 Å². The Morgan fingerprint density at radius 2 is 1.43 bits per heavy atom. The molecule has 8 rings (SSSR count). The summed E-state index contributed by atoms with van der Waals surface area (Å²) >= 11 is 0.327. The van der Waals surface area contributed by atoms with E-state index in [4.69, 9.17) is 0 Å². The van der Waals surface area contributed by atoms with Gasteiger partial charge < -0.3 is 4.57 Å². The van der Waals surface area contributed by atoms with Crippen molar-refractivity contribution in [1.82, 2.24) is 14.5 Å². The number of hydrogen-bond donors (Lipinski definition) is 0.